The van der Waals surface area contributed by atoms with Crippen molar-refractivity contribution in [2.24, 2.45) is 5.41 Å². The number of hydrogen-bond acceptors (Lipinski definition) is 2. The van der Waals surface area contributed by atoms with Gasteiger partial charge < -0.3 is 5.32 Å². The van der Waals surface area contributed by atoms with Crippen LogP contribution in [0.4, 0.5) is 10.1 Å². The van der Waals surface area contributed by atoms with Crippen LogP contribution in [0.25, 0.3) is 0 Å². The molecular weight excluding hydrogens is 207 g/mol. The Kier molecular flexibility index (Phi) is 3.62. The summed E-state index contributed by atoms with van der Waals surface area (Å²) in [5.74, 6) is -0.837. The smallest absolute Gasteiger partial charge is 0.244 e. The van der Waals surface area contributed by atoms with Crippen LogP contribution in [0.5, 0.6) is 0 Å². The second kappa shape index (κ2) is 4.75. The van der Waals surface area contributed by atoms with E-state index in [2.05, 4.69) is 5.32 Å². The third-order valence-corrected chi connectivity index (χ3v) is 2.54. The lowest BCUT2D eigenvalue weighted by atomic mass is 9.88. The molecule has 0 fully saturated rings. The number of carbonyl (C=O) groups is 1. The van der Waals surface area contributed by atoms with Gasteiger partial charge in [0.05, 0.1) is 6.07 Å². The molecule has 0 saturated carbocycles. The van der Waals surface area contributed by atoms with Crippen LogP contribution in [-0.2, 0) is 4.79 Å². The predicted octanol–water partition coefficient (Wildman–Crippen LogP) is 2.70. The summed E-state index contributed by atoms with van der Waals surface area (Å²) in [6.07, 6.45) is 0.407. The lowest BCUT2D eigenvalue weighted by Crippen LogP contribution is -2.31. The van der Waals surface area contributed by atoms with Gasteiger partial charge in [0.15, 0.2) is 0 Å². The number of carbonyl (C=O) groups excluding carboxylic acids is 1. The largest absolute Gasteiger partial charge is 0.325 e. The lowest BCUT2D eigenvalue weighted by Gasteiger charge is -2.18. The summed E-state index contributed by atoms with van der Waals surface area (Å²) in [5.41, 5.74) is -0.716. The molecule has 1 N–H and O–H groups in total. The van der Waals surface area contributed by atoms with Crippen molar-refractivity contribution in [1.29, 1.82) is 5.26 Å². The van der Waals surface area contributed by atoms with E-state index >= 15 is 0 Å². The molecule has 1 atom stereocenters. The third-order valence-electron chi connectivity index (χ3n) is 2.54. The van der Waals surface area contributed by atoms with Crippen molar-refractivity contribution in [1.82, 2.24) is 0 Å². The average molecular weight is 220 g/mol. The van der Waals surface area contributed by atoms with Gasteiger partial charge in [-0.3, -0.25) is 4.79 Å². The number of halogens is 1. The van der Waals surface area contributed by atoms with Crippen molar-refractivity contribution in [3.63, 3.8) is 0 Å². The van der Waals surface area contributed by atoms with Gasteiger partial charge in [-0.25, -0.2) is 4.39 Å². The van der Waals surface area contributed by atoms with E-state index in [1.807, 2.05) is 6.07 Å². The SMILES string of the molecule is CC[C@](C)(C#N)C(=O)Nc1cccc(F)c1. The molecule has 1 amide bonds. The number of amides is 1. The number of nitrogens with one attached hydrogen (secondary N) is 1. The Morgan fingerprint density at radius 1 is 1.62 bits per heavy atom. The summed E-state index contributed by atoms with van der Waals surface area (Å²) in [5, 5.41) is 11.4. The molecule has 16 heavy (non-hydrogen) atoms. The molecule has 0 saturated heterocycles. The van der Waals surface area contributed by atoms with Crippen molar-refractivity contribution in [3.05, 3.63) is 30.1 Å². The van der Waals surface area contributed by atoms with E-state index in [1.165, 1.54) is 18.2 Å². The Bertz CT molecular complexity index is 439. The molecule has 1 aromatic carbocycles. The molecule has 0 radical (unpaired) electrons. The van der Waals surface area contributed by atoms with E-state index in [-0.39, 0.29) is 0 Å². The Labute approximate surface area is 93.9 Å². The van der Waals surface area contributed by atoms with Crippen LogP contribution in [0.15, 0.2) is 24.3 Å². The van der Waals surface area contributed by atoms with Crippen LogP contribution in [0.2, 0.25) is 0 Å². The summed E-state index contributed by atoms with van der Waals surface area (Å²) < 4.78 is 12.9. The molecule has 4 heteroatoms. The van der Waals surface area contributed by atoms with Crippen molar-refractivity contribution in [2.45, 2.75) is 20.3 Å². The fourth-order valence-corrected chi connectivity index (χ4v) is 1.13. The zero-order chi connectivity index (χ0) is 12.2. The minimum atomic E-state index is -1.08. The molecule has 0 aliphatic rings. The summed E-state index contributed by atoms with van der Waals surface area (Å²) >= 11 is 0. The fourth-order valence-electron chi connectivity index (χ4n) is 1.13. The third kappa shape index (κ3) is 2.57. The summed E-state index contributed by atoms with van der Waals surface area (Å²) in [4.78, 5) is 11.8. The second-order valence-corrected chi connectivity index (χ2v) is 3.76. The topological polar surface area (TPSA) is 52.9 Å². The van der Waals surface area contributed by atoms with E-state index in [1.54, 1.807) is 19.9 Å². The monoisotopic (exact) mass is 220 g/mol. The highest BCUT2D eigenvalue weighted by molar-refractivity contribution is 5.96. The number of nitriles is 1. The van der Waals surface area contributed by atoms with Crippen LogP contribution in [0.1, 0.15) is 20.3 Å². The maximum atomic E-state index is 12.9. The first-order chi connectivity index (χ1) is 7.51. The highest BCUT2D eigenvalue weighted by Crippen LogP contribution is 2.22. The highest BCUT2D eigenvalue weighted by atomic mass is 19.1. The van der Waals surface area contributed by atoms with E-state index in [0.29, 0.717) is 12.1 Å². The van der Waals surface area contributed by atoms with Crippen LogP contribution in [0, 0.1) is 22.6 Å². The summed E-state index contributed by atoms with van der Waals surface area (Å²) in [6.45, 7) is 3.32. The molecule has 0 heterocycles. The molecule has 0 aliphatic heterocycles. The first kappa shape index (κ1) is 12.2. The highest BCUT2D eigenvalue weighted by Gasteiger charge is 2.31. The molecule has 0 spiro atoms. The van der Waals surface area contributed by atoms with Crippen molar-refractivity contribution in [2.75, 3.05) is 5.32 Å². The second-order valence-electron chi connectivity index (χ2n) is 3.76. The molecule has 0 bridgehead atoms. The standard InChI is InChI=1S/C12H13FN2O/c1-3-12(2,8-14)11(16)15-10-6-4-5-9(13)7-10/h4-7H,3H2,1-2H3,(H,15,16)/t12-/m1/s1. The molecule has 0 aromatic heterocycles. The summed E-state index contributed by atoms with van der Waals surface area (Å²) in [6, 6.07) is 7.54. The van der Waals surface area contributed by atoms with Crippen molar-refractivity contribution < 1.29 is 9.18 Å². The van der Waals surface area contributed by atoms with Crippen LogP contribution in [0.3, 0.4) is 0 Å². The van der Waals surface area contributed by atoms with Gasteiger partial charge in [-0.2, -0.15) is 5.26 Å². The van der Waals surface area contributed by atoms with E-state index < -0.39 is 17.1 Å². The maximum Gasteiger partial charge on any atom is 0.244 e. The van der Waals surface area contributed by atoms with Crippen LogP contribution < -0.4 is 5.32 Å². The average Bonchev–Trinajstić information content (AvgIpc) is 2.28. The van der Waals surface area contributed by atoms with Gasteiger partial charge in [0, 0.05) is 5.69 Å². The van der Waals surface area contributed by atoms with Gasteiger partial charge in [-0.05, 0) is 31.5 Å². The van der Waals surface area contributed by atoms with Gasteiger partial charge in [0.2, 0.25) is 5.91 Å². The van der Waals surface area contributed by atoms with Gasteiger partial charge in [0.1, 0.15) is 11.2 Å². The Balaban J connectivity index is 2.83. The lowest BCUT2D eigenvalue weighted by molar-refractivity contribution is -0.122. The zero-order valence-electron chi connectivity index (χ0n) is 9.25. The quantitative estimate of drug-likeness (QED) is 0.851. The first-order valence-electron chi connectivity index (χ1n) is 5.00. The maximum absolute atomic E-state index is 12.9. The van der Waals surface area contributed by atoms with Gasteiger partial charge >= 0.3 is 0 Å². The van der Waals surface area contributed by atoms with Gasteiger partial charge in [-0.1, -0.05) is 13.0 Å². The molecule has 84 valence electrons. The van der Waals surface area contributed by atoms with E-state index in [0.717, 1.165) is 0 Å². The van der Waals surface area contributed by atoms with Crippen molar-refractivity contribution in [3.8, 4) is 6.07 Å². The summed E-state index contributed by atoms with van der Waals surface area (Å²) in [7, 11) is 0. The van der Waals surface area contributed by atoms with Gasteiger partial charge in [-0.15, -0.1) is 0 Å². The van der Waals surface area contributed by atoms with Crippen LogP contribution in [-0.4, -0.2) is 5.91 Å². The Morgan fingerprint density at radius 2 is 2.31 bits per heavy atom. The Hall–Kier alpha value is -1.89. The fraction of sp³-hybridized carbons (Fsp3) is 0.333. The molecule has 0 aliphatic carbocycles. The molecule has 3 nitrogen and oxygen atoms in total. The normalized spacial score (nSPS) is 13.6. The number of anilines is 1. The minimum Gasteiger partial charge on any atom is -0.325 e. The Morgan fingerprint density at radius 3 is 2.81 bits per heavy atom. The van der Waals surface area contributed by atoms with E-state index in [4.69, 9.17) is 5.26 Å². The number of benzene rings is 1. The van der Waals surface area contributed by atoms with Crippen molar-refractivity contribution >= 4 is 11.6 Å². The molecule has 1 rings (SSSR count). The predicted molar refractivity (Wildman–Crippen MR) is 59.0 cm³/mol. The van der Waals surface area contributed by atoms with E-state index in [9.17, 15) is 9.18 Å². The first-order valence-corrected chi connectivity index (χ1v) is 5.00. The number of hydrogen-bond donors (Lipinski definition) is 1. The van der Waals surface area contributed by atoms with Gasteiger partial charge in [0.25, 0.3) is 0 Å². The molecular formula is C12H13FN2O. The zero-order valence-corrected chi connectivity index (χ0v) is 9.25. The number of rotatable bonds is 3. The molecule has 1 aromatic rings. The molecule has 0 unspecified atom stereocenters. The minimum absolute atomic E-state index is 0.361. The van der Waals surface area contributed by atoms with Crippen LogP contribution >= 0.6 is 0 Å². The number of nitrogens with zero attached hydrogens (tertiary/aromatic N) is 1.